The number of anilines is 2. The molecule has 3 rings (SSSR count). The molecule has 0 radical (unpaired) electrons. The number of carbonyl (C=O) groups excluding carboxylic acids is 1. The molecule has 174 valence electrons. The Labute approximate surface area is 192 Å². The minimum absolute atomic E-state index is 0.0406. The third-order valence-electron chi connectivity index (χ3n) is 4.51. The lowest BCUT2D eigenvalue weighted by atomic mass is 10.1. The van der Waals surface area contributed by atoms with Crippen molar-refractivity contribution in [3.63, 3.8) is 0 Å². The Morgan fingerprint density at radius 2 is 1.94 bits per heavy atom. The van der Waals surface area contributed by atoms with Gasteiger partial charge in [0.25, 0.3) is 5.91 Å². The Hall–Kier alpha value is -3.52. The highest BCUT2D eigenvalue weighted by molar-refractivity contribution is 6.04. The van der Waals surface area contributed by atoms with Crippen LogP contribution in [0.25, 0.3) is 16.9 Å². The molecule has 0 fully saturated rings. The van der Waals surface area contributed by atoms with Crippen LogP contribution in [0.4, 0.5) is 11.5 Å². The number of aliphatic hydroxyl groups excluding tert-OH is 2. The molecule has 0 bridgehead atoms. The minimum Gasteiger partial charge on any atom is -0.395 e. The molecule has 0 unspecified atom stereocenters. The van der Waals surface area contributed by atoms with Gasteiger partial charge in [-0.05, 0) is 44.9 Å². The highest BCUT2D eigenvalue weighted by atomic mass is 16.3. The summed E-state index contributed by atoms with van der Waals surface area (Å²) in [5, 5.41) is 24.1. The summed E-state index contributed by atoms with van der Waals surface area (Å²) in [6.07, 6.45) is 4.98. The first-order valence-electron chi connectivity index (χ1n) is 10.6. The fourth-order valence-corrected chi connectivity index (χ4v) is 3.13. The Bertz CT molecular complexity index is 1150. The number of imidazole rings is 1. The Morgan fingerprint density at radius 3 is 2.64 bits per heavy atom. The molecule has 0 saturated carbocycles. The molecule has 10 nitrogen and oxygen atoms in total. The first kappa shape index (κ1) is 24.1. The van der Waals surface area contributed by atoms with E-state index in [1.807, 2.05) is 26.8 Å². The molecule has 4 N–H and O–H groups in total. The maximum Gasteiger partial charge on any atom is 0.300 e. The van der Waals surface area contributed by atoms with Crippen LogP contribution in [0.5, 0.6) is 0 Å². The van der Waals surface area contributed by atoms with Crippen LogP contribution in [0, 0.1) is 11.8 Å². The van der Waals surface area contributed by atoms with Crippen LogP contribution in [-0.4, -0.2) is 78.9 Å². The highest BCUT2D eigenvalue weighted by Crippen LogP contribution is 2.22. The molecule has 3 aromatic rings. The van der Waals surface area contributed by atoms with E-state index in [0.29, 0.717) is 30.4 Å². The van der Waals surface area contributed by atoms with Crippen molar-refractivity contribution in [1.82, 2.24) is 24.4 Å². The first-order valence-corrected chi connectivity index (χ1v) is 10.6. The van der Waals surface area contributed by atoms with Crippen molar-refractivity contribution < 1.29 is 15.0 Å². The number of aliphatic hydroxyl groups is 2. The van der Waals surface area contributed by atoms with E-state index in [-0.39, 0.29) is 25.3 Å². The molecule has 1 amide bonds. The fraction of sp³-hybridized carbons (Fsp3) is 0.391. The van der Waals surface area contributed by atoms with Crippen molar-refractivity contribution in [2.75, 3.05) is 43.5 Å². The number of aromatic nitrogens is 4. The van der Waals surface area contributed by atoms with Gasteiger partial charge in [0.2, 0.25) is 0 Å². The van der Waals surface area contributed by atoms with Crippen molar-refractivity contribution in [3.8, 4) is 17.7 Å². The number of hydrogen-bond acceptors (Lipinski definition) is 8. The van der Waals surface area contributed by atoms with Crippen LogP contribution in [0.2, 0.25) is 0 Å². The van der Waals surface area contributed by atoms with Gasteiger partial charge in [0.15, 0.2) is 5.82 Å². The number of nitrogens with one attached hydrogen (secondary N) is 2. The third-order valence-corrected chi connectivity index (χ3v) is 4.51. The van der Waals surface area contributed by atoms with E-state index in [4.69, 9.17) is 10.2 Å². The topological polar surface area (TPSA) is 128 Å². The molecular weight excluding hydrogens is 422 g/mol. The summed E-state index contributed by atoms with van der Waals surface area (Å²) in [7, 11) is 0. The predicted octanol–water partition coefficient (Wildman–Crippen LogP) is 1.25. The second-order valence-corrected chi connectivity index (χ2v) is 8.43. The summed E-state index contributed by atoms with van der Waals surface area (Å²) in [6, 6.07) is 5.37. The zero-order valence-corrected chi connectivity index (χ0v) is 19.0. The second kappa shape index (κ2) is 10.9. The molecule has 0 atom stereocenters. The van der Waals surface area contributed by atoms with Crippen LogP contribution >= 0.6 is 0 Å². The van der Waals surface area contributed by atoms with Gasteiger partial charge in [-0.3, -0.25) is 19.2 Å². The van der Waals surface area contributed by atoms with E-state index >= 15 is 0 Å². The second-order valence-electron chi connectivity index (χ2n) is 8.43. The van der Waals surface area contributed by atoms with Gasteiger partial charge in [-0.15, -0.1) is 0 Å². The molecule has 1 aromatic carbocycles. The number of nitrogens with zero attached hydrogens (tertiary/aromatic N) is 5. The van der Waals surface area contributed by atoms with Gasteiger partial charge in [0.05, 0.1) is 43.2 Å². The molecule has 0 saturated heterocycles. The van der Waals surface area contributed by atoms with Crippen molar-refractivity contribution in [2.45, 2.75) is 26.3 Å². The SMILES string of the molecule is CC(C)(C)Nc1cncc(-n2cnc3ccc(NC(=O)C#CCN(CCO)CCO)cc32)n1. The lowest BCUT2D eigenvalue weighted by Gasteiger charge is -2.21. The number of benzene rings is 1. The number of amides is 1. The van der Waals surface area contributed by atoms with Crippen molar-refractivity contribution in [1.29, 1.82) is 0 Å². The zero-order chi connectivity index (χ0) is 23.8. The van der Waals surface area contributed by atoms with E-state index in [0.717, 1.165) is 11.0 Å². The maximum absolute atomic E-state index is 12.3. The molecule has 2 aromatic heterocycles. The van der Waals surface area contributed by atoms with E-state index < -0.39 is 5.91 Å². The Balaban J connectivity index is 1.76. The summed E-state index contributed by atoms with van der Waals surface area (Å²) < 4.78 is 1.80. The molecule has 10 heteroatoms. The Kier molecular flexibility index (Phi) is 7.95. The monoisotopic (exact) mass is 451 g/mol. The van der Waals surface area contributed by atoms with E-state index in [1.54, 1.807) is 40.3 Å². The molecule has 33 heavy (non-hydrogen) atoms. The zero-order valence-electron chi connectivity index (χ0n) is 19.0. The largest absolute Gasteiger partial charge is 0.395 e. The van der Waals surface area contributed by atoms with E-state index in [9.17, 15) is 4.79 Å². The third kappa shape index (κ3) is 6.98. The maximum atomic E-state index is 12.3. The standard InChI is InChI=1S/C23H29N7O3/c1-23(2,3)28-20-14-24-15-21(27-20)30-16-25-18-7-6-17(13-19(18)30)26-22(33)5-4-8-29(9-11-31)10-12-32/h6-7,13-16,31-32H,8-12H2,1-3H3,(H,26,33)(H,27,28). The van der Waals surface area contributed by atoms with Gasteiger partial charge >= 0.3 is 0 Å². The summed E-state index contributed by atoms with van der Waals surface area (Å²) in [6.45, 7) is 7.09. The van der Waals surface area contributed by atoms with Gasteiger partial charge in [0.1, 0.15) is 12.1 Å². The number of rotatable bonds is 8. The summed E-state index contributed by atoms with van der Waals surface area (Å²) in [5.41, 5.74) is 1.93. The average Bonchev–Trinajstić information content (AvgIpc) is 3.16. The van der Waals surface area contributed by atoms with Gasteiger partial charge in [-0.25, -0.2) is 9.97 Å². The Morgan fingerprint density at radius 1 is 1.18 bits per heavy atom. The van der Waals surface area contributed by atoms with Crippen LogP contribution in [0.3, 0.4) is 0 Å². The summed E-state index contributed by atoms with van der Waals surface area (Å²) in [4.78, 5) is 27.3. The quantitative estimate of drug-likeness (QED) is 0.377. The van der Waals surface area contributed by atoms with Gasteiger partial charge in [-0.1, -0.05) is 5.92 Å². The minimum atomic E-state index is -0.454. The molecule has 0 aliphatic carbocycles. The number of fused-ring (bicyclic) bond motifs is 1. The summed E-state index contributed by atoms with van der Waals surface area (Å²) in [5.74, 6) is 6.10. The van der Waals surface area contributed by atoms with Gasteiger partial charge in [-0.2, -0.15) is 0 Å². The molecule has 2 heterocycles. The number of hydrogen-bond donors (Lipinski definition) is 4. The van der Waals surface area contributed by atoms with Crippen LogP contribution in [-0.2, 0) is 4.79 Å². The molecule has 0 aliphatic rings. The van der Waals surface area contributed by atoms with Crippen LogP contribution in [0.15, 0.2) is 36.9 Å². The molecule has 0 spiro atoms. The smallest absolute Gasteiger partial charge is 0.300 e. The average molecular weight is 452 g/mol. The van der Waals surface area contributed by atoms with Crippen molar-refractivity contribution in [2.24, 2.45) is 0 Å². The highest BCUT2D eigenvalue weighted by Gasteiger charge is 2.13. The molecule has 0 aliphatic heterocycles. The first-order chi connectivity index (χ1) is 15.8. The van der Waals surface area contributed by atoms with E-state index in [1.165, 1.54) is 0 Å². The lowest BCUT2D eigenvalue weighted by molar-refractivity contribution is -0.111. The van der Waals surface area contributed by atoms with Gasteiger partial charge < -0.3 is 20.8 Å². The van der Waals surface area contributed by atoms with Crippen LogP contribution in [0.1, 0.15) is 20.8 Å². The molecular formula is C23H29N7O3. The predicted molar refractivity (Wildman–Crippen MR) is 127 cm³/mol. The van der Waals surface area contributed by atoms with Crippen molar-refractivity contribution in [3.05, 3.63) is 36.9 Å². The van der Waals surface area contributed by atoms with Gasteiger partial charge in [0, 0.05) is 24.3 Å². The van der Waals surface area contributed by atoms with E-state index in [2.05, 4.69) is 37.4 Å². The normalized spacial score (nSPS) is 11.3. The fourth-order valence-electron chi connectivity index (χ4n) is 3.13. The van der Waals surface area contributed by atoms with Crippen molar-refractivity contribution >= 4 is 28.4 Å². The lowest BCUT2D eigenvalue weighted by Crippen LogP contribution is -2.30. The number of carbonyl (C=O) groups is 1. The summed E-state index contributed by atoms with van der Waals surface area (Å²) >= 11 is 0. The van der Waals surface area contributed by atoms with Crippen LogP contribution < -0.4 is 10.6 Å².